The van der Waals surface area contributed by atoms with Crippen LogP contribution in [-0.2, 0) is 13.0 Å². The molecular weight excluding hydrogens is 318 g/mol. The van der Waals surface area contributed by atoms with Crippen LogP contribution in [0.3, 0.4) is 0 Å². The molecule has 2 N–H and O–H groups in total. The van der Waals surface area contributed by atoms with Crippen molar-refractivity contribution in [2.75, 3.05) is 4.90 Å². The molecule has 0 aliphatic carbocycles. The van der Waals surface area contributed by atoms with E-state index in [1.54, 1.807) is 17.6 Å². The van der Waals surface area contributed by atoms with Gasteiger partial charge in [-0.1, -0.05) is 18.5 Å². The van der Waals surface area contributed by atoms with Crippen LogP contribution in [0.2, 0.25) is 0 Å². The second kappa shape index (κ2) is 6.44. The summed E-state index contributed by atoms with van der Waals surface area (Å²) in [6.07, 6.45) is 5.43. The zero-order chi connectivity index (χ0) is 15.7. The van der Waals surface area contributed by atoms with Gasteiger partial charge in [-0.25, -0.2) is 0 Å². The van der Waals surface area contributed by atoms with Crippen LogP contribution >= 0.6 is 22.9 Å². The molecule has 1 aliphatic heterocycles. The zero-order valence-corrected chi connectivity index (χ0v) is 14.3. The van der Waals surface area contributed by atoms with Crippen molar-refractivity contribution in [3.63, 3.8) is 0 Å². The Bertz CT molecular complexity index is 665. The summed E-state index contributed by atoms with van der Waals surface area (Å²) in [5.74, 6) is 0.881. The van der Waals surface area contributed by atoms with Crippen LogP contribution in [0.25, 0.3) is 0 Å². The summed E-state index contributed by atoms with van der Waals surface area (Å²) in [4.78, 5) is 8.95. The highest BCUT2D eigenvalue weighted by Crippen LogP contribution is 2.40. The van der Waals surface area contributed by atoms with E-state index in [-0.39, 0.29) is 6.04 Å². The molecule has 3 rings (SSSR count). The Hall–Kier alpha value is -1.30. The van der Waals surface area contributed by atoms with Gasteiger partial charge in [-0.05, 0) is 37.5 Å². The third-order valence-corrected chi connectivity index (χ3v) is 5.56. The van der Waals surface area contributed by atoms with Gasteiger partial charge >= 0.3 is 0 Å². The van der Waals surface area contributed by atoms with Gasteiger partial charge in [-0.2, -0.15) is 0 Å². The van der Waals surface area contributed by atoms with Gasteiger partial charge in [0.1, 0.15) is 5.76 Å². The number of anilines is 1. The first-order chi connectivity index (χ1) is 10.6. The number of aliphatic imine (C=N–C) groups is 1. The number of hydrogen-bond donors (Lipinski definition) is 1. The molecule has 0 bridgehead atoms. The number of furan rings is 1. The van der Waals surface area contributed by atoms with Crippen molar-refractivity contribution in [3.05, 3.63) is 39.5 Å². The summed E-state index contributed by atoms with van der Waals surface area (Å²) in [7, 11) is 0. The van der Waals surface area contributed by atoms with Crippen molar-refractivity contribution in [1.82, 2.24) is 0 Å². The molecule has 6 heteroatoms. The lowest BCUT2D eigenvalue weighted by atomic mass is 10.1. The second-order valence-corrected chi connectivity index (χ2v) is 7.06. The normalized spacial score (nSPS) is 18.5. The molecule has 0 saturated heterocycles. The molecule has 4 nitrogen and oxygen atoms in total. The Labute approximate surface area is 139 Å². The van der Waals surface area contributed by atoms with E-state index in [0.717, 1.165) is 29.2 Å². The molecule has 2 aromatic rings. The average molecular weight is 338 g/mol. The predicted octanol–water partition coefficient (Wildman–Crippen LogP) is 3.89. The van der Waals surface area contributed by atoms with E-state index < -0.39 is 5.62 Å². The van der Waals surface area contributed by atoms with Crippen molar-refractivity contribution >= 4 is 34.8 Å². The van der Waals surface area contributed by atoms with Crippen LogP contribution in [0.4, 0.5) is 5.69 Å². The number of thiophene rings is 1. The van der Waals surface area contributed by atoms with Crippen molar-refractivity contribution in [1.29, 1.82) is 0 Å². The number of nitrogens with zero attached hydrogens (tertiary/aromatic N) is 2. The summed E-state index contributed by atoms with van der Waals surface area (Å²) in [6.45, 7) is 4.88. The van der Waals surface area contributed by atoms with Crippen LogP contribution in [-0.4, -0.2) is 17.9 Å². The number of fused-ring (bicyclic) bond motifs is 1. The summed E-state index contributed by atoms with van der Waals surface area (Å²) in [6, 6.07) is 4.04. The van der Waals surface area contributed by atoms with E-state index in [4.69, 9.17) is 21.8 Å². The largest absolute Gasteiger partial charge is 0.467 e. The van der Waals surface area contributed by atoms with Crippen LogP contribution in [0, 0.1) is 6.92 Å². The minimum atomic E-state index is -0.404. The van der Waals surface area contributed by atoms with Crippen LogP contribution in [0.5, 0.6) is 0 Å². The van der Waals surface area contributed by atoms with Crippen LogP contribution < -0.4 is 10.6 Å². The van der Waals surface area contributed by atoms with E-state index >= 15 is 0 Å². The monoisotopic (exact) mass is 337 g/mol. The fraction of sp³-hybridized carbons (Fsp3) is 0.438. The van der Waals surface area contributed by atoms with Gasteiger partial charge < -0.3 is 15.1 Å². The van der Waals surface area contributed by atoms with Crippen LogP contribution in [0.15, 0.2) is 27.8 Å². The number of rotatable bonds is 5. The van der Waals surface area contributed by atoms with Gasteiger partial charge in [-0.15, -0.1) is 11.3 Å². The first-order valence-corrected chi connectivity index (χ1v) is 8.69. The minimum Gasteiger partial charge on any atom is -0.467 e. The maximum absolute atomic E-state index is 6.41. The van der Waals surface area contributed by atoms with E-state index in [1.165, 1.54) is 10.4 Å². The molecule has 0 radical (unpaired) electrons. The molecule has 0 spiro atoms. The van der Waals surface area contributed by atoms with Gasteiger partial charge in [0.15, 0.2) is 5.62 Å². The standard InChI is InChI=1S/C16H20ClN3OS/c1-3-11(18)7-13-10(2)15-14(22-13)8-19-16(17)20(15)9-12-5-4-6-21-12/h4-6,8,11,16H,3,7,9,18H2,1-2H3/t11-,16?/m0/s1. The summed E-state index contributed by atoms with van der Waals surface area (Å²) in [5.41, 5.74) is 8.14. The third kappa shape index (κ3) is 2.93. The highest BCUT2D eigenvalue weighted by atomic mass is 35.5. The molecule has 1 unspecified atom stereocenters. The van der Waals surface area contributed by atoms with E-state index in [1.807, 2.05) is 18.3 Å². The number of hydrogen-bond acceptors (Lipinski definition) is 5. The molecule has 0 amide bonds. The predicted molar refractivity (Wildman–Crippen MR) is 93.2 cm³/mol. The lowest BCUT2D eigenvalue weighted by Crippen LogP contribution is -2.32. The minimum absolute atomic E-state index is 0.195. The third-order valence-electron chi connectivity index (χ3n) is 3.98. The van der Waals surface area contributed by atoms with Gasteiger partial charge in [0.2, 0.25) is 0 Å². The van der Waals surface area contributed by atoms with Crippen molar-refractivity contribution in [2.45, 2.75) is 44.9 Å². The van der Waals surface area contributed by atoms with Gasteiger partial charge in [0.05, 0.1) is 23.4 Å². The topological polar surface area (TPSA) is 54.8 Å². The quantitative estimate of drug-likeness (QED) is 0.665. The van der Waals surface area contributed by atoms with Gasteiger partial charge in [0.25, 0.3) is 0 Å². The fourth-order valence-electron chi connectivity index (χ4n) is 2.64. The molecule has 0 aromatic carbocycles. The zero-order valence-electron chi connectivity index (χ0n) is 12.8. The molecule has 2 atom stereocenters. The first kappa shape index (κ1) is 15.6. The SMILES string of the molecule is CC[C@H](N)Cc1sc2c(c1C)N(Cc1ccco1)C(Cl)N=C2. The van der Waals surface area contributed by atoms with Crippen molar-refractivity contribution in [2.24, 2.45) is 10.7 Å². The van der Waals surface area contributed by atoms with Gasteiger partial charge in [0, 0.05) is 17.1 Å². The molecule has 1 aliphatic rings. The van der Waals surface area contributed by atoms with Crippen LogP contribution in [0.1, 0.15) is 34.4 Å². The Morgan fingerprint density at radius 1 is 1.55 bits per heavy atom. The number of alkyl halides is 1. The smallest absolute Gasteiger partial charge is 0.198 e. The van der Waals surface area contributed by atoms with E-state index in [9.17, 15) is 0 Å². The highest BCUT2D eigenvalue weighted by molar-refractivity contribution is 7.14. The molecule has 0 saturated carbocycles. The summed E-state index contributed by atoms with van der Waals surface area (Å²) >= 11 is 8.17. The molecule has 0 fully saturated rings. The fourth-order valence-corrected chi connectivity index (χ4v) is 4.15. The molecule has 22 heavy (non-hydrogen) atoms. The lowest BCUT2D eigenvalue weighted by Gasteiger charge is -2.29. The molecular formula is C16H20ClN3OS. The lowest BCUT2D eigenvalue weighted by molar-refractivity contribution is 0.499. The first-order valence-electron chi connectivity index (χ1n) is 7.44. The van der Waals surface area contributed by atoms with Gasteiger partial charge in [-0.3, -0.25) is 4.99 Å². The van der Waals surface area contributed by atoms with E-state index in [0.29, 0.717) is 6.54 Å². The molecule has 118 valence electrons. The maximum Gasteiger partial charge on any atom is 0.198 e. The Balaban J connectivity index is 1.93. The maximum atomic E-state index is 6.41. The number of nitrogens with two attached hydrogens (primary N) is 1. The second-order valence-electron chi connectivity index (χ2n) is 5.53. The van der Waals surface area contributed by atoms with Crippen molar-refractivity contribution in [3.8, 4) is 0 Å². The summed E-state index contributed by atoms with van der Waals surface area (Å²) in [5, 5.41) is 0. The highest BCUT2D eigenvalue weighted by Gasteiger charge is 2.28. The van der Waals surface area contributed by atoms with E-state index in [2.05, 4.69) is 23.7 Å². The Kier molecular flexibility index (Phi) is 4.57. The summed E-state index contributed by atoms with van der Waals surface area (Å²) < 4.78 is 5.46. The molecule has 3 heterocycles. The van der Waals surface area contributed by atoms with Crippen molar-refractivity contribution < 1.29 is 4.42 Å². The Morgan fingerprint density at radius 3 is 3.05 bits per heavy atom. The Morgan fingerprint density at radius 2 is 2.36 bits per heavy atom. The average Bonchev–Trinajstić information content (AvgIpc) is 3.11. The number of halogens is 1. The molecule has 2 aromatic heterocycles.